The fraction of sp³-hybridized carbons (Fsp3) is 0.364. The summed E-state index contributed by atoms with van der Waals surface area (Å²) in [5.74, 6) is -0.235. The highest BCUT2D eigenvalue weighted by atomic mass is 79.9. The zero-order chi connectivity index (χ0) is 13.1. The van der Waals surface area contributed by atoms with E-state index in [1.165, 1.54) is 10.7 Å². The Labute approximate surface area is 112 Å². The second-order valence-corrected chi connectivity index (χ2v) is 4.90. The number of aromatic nitrogens is 3. The van der Waals surface area contributed by atoms with E-state index in [9.17, 15) is 4.79 Å². The van der Waals surface area contributed by atoms with Gasteiger partial charge in [-0.2, -0.15) is 5.10 Å². The summed E-state index contributed by atoms with van der Waals surface area (Å²) in [5, 5.41) is 15.7. The van der Waals surface area contributed by atoms with E-state index < -0.39 is 0 Å². The van der Waals surface area contributed by atoms with Crippen molar-refractivity contribution in [3.05, 3.63) is 28.6 Å². The first-order valence-electron chi connectivity index (χ1n) is 5.52. The van der Waals surface area contributed by atoms with Crippen molar-refractivity contribution in [2.75, 3.05) is 6.61 Å². The van der Waals surface area contributed by atoms with Gasteiger partial charge >= 0.3 is 0 Å². The Hall–Kier alpha value is -1.47. The molecule has 18 heavy (non-hydrogen) atoms. The van der Waals surface area contributed by atoms with Crippen LogP contribution in [0.2, 0.25) is 0 Å². The molecule has 2 N–H and O–H groups in total. The van der Waals surface area contributed by atoms with Gasteiger partial charge in [0.1, 0.15) is 5.56 Å². The van der Waals surface area contributed by atoms with Gasteiger partial charge in [0.2, 0.25) is 0 Å². The van der Waals surface area contributed by atoms with Crippen LogP contribution in [0.1, 0.15) is 23.7 Å². The van der Waals surface area contributed by atoms with Crippen molar-refractivity contribution in [2.45, 2.75) is 19.4 Å². The lowest BCUT2D eigenvalue weighted by Gasteiger charge is -2.11. The van der Waals surface area contributed by atoms with Crippen LogP contribution in [0.3, 0.4) is 0 Å². The van der Waals surface area contributed by atoms with Gasteiger partial charge in [-0.3, -0.25) is 4.79 Å². The molecule has 0 saturated carbocycles. The SMILES string of the molecule is CC(CCO)NC(=O)c1cnn2cc(Br)cnc12. The molecule has 2 aromatic rings. The van der Waals surface area contributed by atoms with Crippen LogP contribution in [0.25, 0.3) is 5.65 Å². The summed E-state index contributed by atoms with van der Waals surface area (Å²) in [6, 6.07) is -0.0899. The lowest BCUT2D eigenvalue weighted by atomic mass is 10.2. The van der Waals surface area contributed by atoms with Crippen LogP contribution in [0.4, 0.5) is 0 Å². The van der Waals surface area contributed by atoms with E-state index in [0.717, 1.165) is 4.47 Å². The quantitative estimate of drug-likeness (QED) is 0.882. The summed E-state index contributed by atoms with van der Waals surface area (Å²) in [4.78, 5) is 16.2. The number of rotatable bonds is 4. The summed E-state index contributed by atoms with van der Waals surface area (Å²) in [6.07, 6.45) is 5.35. The lowest BCUT2D eigenvalue weighted by molar-refractivity contribution is 0.0936. The fourth-order valence-corrected chi connectivity index (χ4v) is 1.88. The highest BCUT2D eigenvalue weighted by Crippen LogP contribution is 2.12. The maximum Gasteiger partial charge on any atom is 0.256 e. The average Bonchev–Trinajstić information content (AvgIpc) is 2.71. The third kappa shape index (κ3) is 2.68. The van der Waals surface area contributed by atoms with Crippen LogP contribution in [-0.2, 0) is 0 Å². The molecule has 0 aliphatic rings. The first-order valence-corrected chi connectivity index (χ1v) is 6.31. The van der Waals surface area contributed by atoms with Crippen LogP contribution < -0.4 is 5.32 Å². The van der Waals surface area contributed by atoms with Crippen molar-refractivity contribution in [1.29, 1.82) is 0 Å². The molecule has 0 saturated heterocycles. The van der Waals surface area contributed by atoms with Crippen LogP contribution >= 0.6 is 15.9 Å². The molecule has 96 valence electrons. The molecular formula is C11H13BrN4O2. The van der Waals surface area contributed by atoms with Crippen LogP contribution in [0.5, 0.6) is 0 Å². The molecular weight excluding hydrogens is 300 g/mol. The number of hydrogen-bond donors (Lipinski definition) is 2. The number of halogens is 1. The number of nitrogens with zero attached hydrogens (tertiary/aromatic N) is 3. The molecule has 2 aromatic heterocycles. The Morgan fingerprint density at radius 2 is 2.39 bits per heavy atom. The Morgan fingerprint density at radius 1 is 1.61 bits per heavy atom. The smallest absolute Gasteiger partial charge is 0.256 e. The minimum absolute atomic E-state index is 0.0431. The Bertz CT molecular complexity index is 569. The summed E-state index contributed by atoms with van der Waals surface area (Å²) >= 11 is 3.29. The number of aliphatic hydroxyl groups is 1. The minimum atomic E-state index is -0.235. The summed E-state index contributed by atoms with van der Waals surface area (Å²) in [7, 11) is 0. The molecule has 1 unspecified atom stereocenters. The third-order valence-electron chi connectivity index (χ3n) is 2.51. The van der Waals surface area contributed by atoms with Gasteiger partial charge in [-0.25, -0.2) is 9.50 Å². The maximum atomic E-state index is 12.0. The molecule has 0 fully saturated rings. The monoisotopic (exact) mass is 312 g/mol. The van der Waals surface area contributed by atoms with Crippen LogP contribution in [0, 0.1) is 0 Å². The predicted molar refractivity (Wildman–Crippen MR) is 69.3 cm³/mol. The molecule has 1 atom stereocenters. The standard InChI is InChI=1S/C11H13BrN4O2/c1-7(2-3-17)15-11(18)9-5-14-16-6-8(12)4-13-10(9)16/h4-7,17H,2-3H2,1H3,(H,15,18). The van der Waals surface area contributed by atoms with Gasteiger partial charge < -0.3 is 10.4 Å². The number of carbonyl (C=O) groups excluding carboxylic acids is 1. The van der Waals surface area contributed by atoms with E-state index in [4.69, 9.17) is 5.11 Å². The van der Waals surface area contributed by atoms with Gasteiger partial charge in [0.05, 0.1) is 10.7 Å². The molecule has 0 aliphatic carbocycles. The Kier molecular flexibility index (Phi) is 3.93. The van der Waals surface area contributed by atoms with E-state index in [2.05, 4.69) is 31.3 Å². The van der Waals surface area contributed by atoms with Gasteiger partial charge in [-0.1, -0.05) is 0 Å². The maximum absolute atomic E-state index is 12.0. The Morgan fingerprint density at radius 3 is 3.11 bits per heavy atom. The number of fused-ring (bicyclic) bond motifs is 1. The summed E-state index contributed by atoms with van der Waals surface area (Å²) in [5.41, 5.74) is 0.930. The zero-order valence-electron chi connectivity index (χ0n) is 9.80. The summed E-state index contributed by atoms with van der Waals surface area (Å²) < 4.78 is 2.33. The number of aliphatic hydroxyl groups excluding tert-OH is 1. The van der Waals surface area contributed by atoms with E-state index in [1.54, 1.807) is 12.4 Å². The molecule has 7 heteroatoms. The number of carbonyl (C=O) groups is 1. The van der Waals surface area contributed by atoms with Crippen LogP contribution in [0.15, 0.2) is 23.1 Å². The van der Waals surface area contributed by atoms with Crippen molar-refractivity contribution >= 4 is 27.5 Å². The van der Waals surface area contributed by atoms with E-state index in [0.29, 0.717) is 17.6 Å². The van der Waals surface area contributed by atoms with Crippen LogP contribution in [-0.4, -0.2) is 38.3 Å². The number of nitrogens with one attached hydrogen (secondary N) is 1. The van der Waals surface area contributed by atoms with Crippen molar-refractivity contribution in [3.8, 4) is 0 Å². The first-order chi connectivity index (χ1) is 8.61. The highest BCUT2D eigenvalue weighted by Gasteiger charge is 2.15. The topological polar surface area (TPSA) is 79.5 Å². The van der Waals surface area contributed by atoms with Gasteiger partial charge in [0.25, 0.3) is 5.91 Å². The number of amides is 1. The first kappa shape index (κ1) is 13.0. The van der Waals surface area contributed by atoms with Crippen molar-refractivity contribution in [2.24, 2.45) is 0 Å². The molecule has 0 radical (unpaired) electrons. The van der Waals surface area contributed by atoms with E-state index >= 15 is 0 Å². The van der Waals surface area contributed by atoms with Gasteiger partial charge in [-0.15, -0.1) is 0 Å². The molecule has 1 amide bonds. The lowest BCUT2D eigenvalue weighted by Crippen LogP contribution is -2.33. The molecule has 0 aliphatic heterocycles. The second kappa shape index (κ2) is 5.45. The molecule has 2 rings (SSSR count). The largest absolute Gasteiger partial charge is 0.396 e. The number of hydrogen-bond acceptors (Lipinski definition) is 4. The van der Waals surface area contributed by atoms with Crippen molar-refractivity contribution in [3.63, 3.8) is 0 Å². The minimum Gasteiger partial charge on any atom is -0.396 e. The van der Waals surface area contributed by atoms with Gasteiger partial charge in [0.15, 0.2) is 5.65 Å². The molecule has 6 nitrogen and oxygen atoms in total. The van der Waals surface area contributed by atoms with E-state index in [1.807, 2.05) is 6.92 Å². The van der Waals surface area contributed by atoms with Crippen molar-refractivity contribution < 1.29 is 9.90 Å². The zero-order valence-corrected chi connectivity index (χ0v) is 11.4. The Balaban J connectivity index is 2.23. The molecule has 0 bridgehead atoms. The average molecular weight is 313 g/mol. The molecule has 0 aromatic carbocycles. The normalized spacial score (nSPS) is 12.6. The van der Waals surface area contributed by atoms with Gasteiger partial charge in [-0.05, 0) is 29.3 Å². The van der Waals surface area contributed by atoms with E-state index in [-0.39, 0.29) is 18.6 Å². The fourth-order valence-electron chi connectivity index (χ4n) is 1.58. The predicted octanol–water partition coefficient (Wildman–Crippen LogP) is 0.992. The second-order valence-electron chi connectivity index (χ2n) is 3.99. The van der Waals surface area contributed by atoms with Gasteiger partial charge in [0, 0.05) is 25.0 Å². The molecule has 2 heterocycles. The highest BCUT2D eigenvalue weighted by molar-refractivity contribution is 9.10. The van der Waals surface area contributed by atoms with Crippen molar-refractivity contribution in [1.82, 2.24) is 19.9 Å². The summed E-state index contributed by atoms with van der Waals surface area (Å²) in [6.45, 7) is 1.88. The molecule has 0 spiro atoms. The third-order valence-corrected chi connectivity index (χ3v) is 2.92.